The first-order valence-electron chi connectivity index (χ1n) is 6.25. The monoisotopic (exact) mass is 291 g/mol. The van der Waals surface area contributed by atoms with Crippen molar-refractivity contribution < 1.29 is 9.53 Å². The first-order chi connectivity index (χ1) is 9.42. The fourth-order valence-corrected chi connectivity index (χ4v) is 2.13. The summed E-state index contributed by atoms with van der Waals surface area (Å²) in [5.74, 6) is 1.19. The highest BCUT2D eigenvalue weighted by molar-refractivity contribution is 8.15. The molecule has 1 aliphatic heterocycles. The van der Waals surface area contributed by atoms with Gasteiger partial charge in [0.1, 0.15) is 11.4 Å². The minimum atomic E-state index is -0.209. The van der Waals surface area contributed by atoms with Crippen LogP contribution in [0.2, 0.25) is 0 Å². The molecule has 0 radical (unpaired) electrons. The summed E-state index contributed by atoms with van der Waals surface area (Å²) in [6, 6.07) is 7.61. The summed E-state index contributed by atoms with van der Waals surface area (Å²) in [4.78, 5) is 11.0. The number of hydrogen-bond acceptors (Lipinski definition) is 5. The minimum absolute atomic E-state index is 0.0346. The van der Waals surface area contributed by atoms with E-state index >= 15 is 0 Å². The molecule has 1 aromatic rings. The van der Waals surface area contributed by atoms with Gasteiger partial charge in [-0.25, -0.2) is 0 Å². The summed E-state index contributed by atoms with van der Waals surface area (Å²) < 4.78 is 5.73. The van der Waals surface area contributed by atoms with Crippen molar-refractivity contribution in [3.8, 4) is 5.75 Å². The Hall–Kier alpha value is -1.82. The van der Waals surface area contributed by atoms with E-state index in [0.29, 0.717) is 10.9 Å². The zero-order valence-corrected chi connectivity index (χ0v) is 12.5. The lowest BCUT2D eigenvalue weighted by Crippen LogP contribution is -2.22. The summed E-state index contributed by atoms with van der Waals surface area (Å²) in [5, 5.41) is 11.0. The zero-order chi connectivity index (χ0) is 14.6. The van der Waals surface area contributed by atoms with Crippen molar-refractivity contribution in [2.45, 2.75) is 26.4 Å². The number of nitrogens with one attached hydrogen (secondary N) is 1. The average Bonchev–Trinajstić information content (AvgIpc) is 2.75. The van der Waals surface area contributed by atoms with Gasteiger partial charge in [0.25, 0.3) is 0 Å². The quantitative estimate of drug-likeness (QED) is 0.687. The Morgan fingerprint density at radius 1 is 1.30 bits per heavy atom. The Balaban J connectivity index is 1.95. The van der Waals surface area contributed by atoms with Gasteiger partial charge in [0.15, 0.2) is 5.17 Å². The number of amides is 1. The third kappa shape index (κ3) is 4.70. The topological polar surface area (TPSA) is 63.1 Å². The number of carbonyl (C=O) groups is 1. The molecule has 1 aliphatic rings. The Labute approximate surface area is 122 Å². The Morgan fingerprint density at radius 2 is 2.00 bits per heavy atom. The van der Waals surface area contributed by atoms with E-state index in [0.717, 1.165) is 11.3 Å². The van der Waals surface area contributed by atoms with Crippen LogP contribution >= 0.6 is 11.8 Å². The second kappa shape index (κ2) is 6.09. The maximum absolute atomic E-state index is 11.0. The molecule has 5 nitrogen and oxygen atoms in total. The van der Waals surface area contributed by atoms with E-state index < -0.39 is 0 Å². The number of amidine groups is 1. The Bertz CT molecular complexity index is 545. The lowest BCUT2D eigenvalue weighted by molar-refractivity contribution is -0.116. The minimum Gasteiger partial charge on any atom is -0.488 e. The van der Waals surface area contributed by atoms with Crippen LogP contribution in [-0.2, 0) is 4.79 Å². The molecule has 0 atom stereocenters. The number of carbonyl (C=O) groups excluding carboxylic acids is 1. The number of rotatable bonds is 3. The van der Waals surface area contributed by atoms with Crippen LogP contribution < -0.4 is 10.1 Å². The van der Waals surface area contributed by atoms with Crippen molar-refractivity contribution in [1.29, 1.82) is 0 Å². The molecule has 0 spiro atoms. The fraction of sp³-hybridized carbons (Fsp3) is 0.357. The van der Waals surface area contributed by atoms with E-state index in [1.165, 1.54) is 11.8 Å². The highest BCUT2D eigenvalue weighted by Crippen LogP contribution is 2.18. The molecule has 0 aliphatic carbocycles. The standard InChI is InChI=1S/C14H17N3O2S/c1-14(2,3)19-11-6-4-10(5-7-11)8-15-17-13-16-12(18)9-20-13/h4-8H,9H2,1-3H3,(H,16,17,18). The predicted octanol–water partition coefficient (Wildman–Crippen LogP) is 2.42. The summed E-state index contributed by atoms with van der Waals surface area (Å²) in [6.45, 7) is 6.02. The van der Waals surface area contributed by atoms with Gasteiger partial charge in [-0.2, -0.15) is 5.10 Å². The molecule has 0 unspecified atom stereocenters. The van der Waals surface area contributed by atoms with Crippen LogP contribution in [0.5, 0.6) is 5.75 Å². The number of thioether (sulfide) groups is 1. The number of benzene rings is 1. The molecule has 0 aromatic heterocycles. The summed E-state index contributed by atoms with van der Waals surface area (Å²) in [6.07, 6.45) is 1.64. The van der Waals surface area contributed by atoms with E-state index in [1.54, 1.807) is 6.21 Å². The summed E-state index contributed by atoms with van der Waals surface area (Å²) in [5.41, 5.74) is 0.712. The molecule has 1 heterocycles. The van der Waals surface area contributed by atoms with Crippen molar-refractivity contribution in [3.63, 3.8) is 0 Å². The molecule has 1 amide bonds. The molecular weight excluding hydrogens is 274 g/mol. The molecule has 1 N–H and O–H groups in total. The SMILES string of the molecule is CC(C)(C)Oc1ccc(C=NN=C2NC(=O)CS2)cc1. The van der Waals surface area contributed by atoms with Crippen molar-refractivity contribution in [3.05, 3.63) is 29.8 Å². The van der Waals surface area contributed by atoms with Crippen LogP contribution in [0.1, 0.15) is 26.3 Å². The molecule has 0 bridgehead atoms. The maximum atomic E-state index is 11.0. The van der Waals surface area contributed by atoms with Crippen LogP contribution in [-0.4, -0.2) is 28.6 Å². The smallest absolute Gasteiger partial charge is 0.236 e. The second-order valence-electron chi connectivity index (χ2n) is 5.27. The van der Waals surface area contributed by atoms with E-state index in [4.69, 9.17) is 4.74 Å². The number of ether oxygens (including phenoxy) is 1. The van der Waals surface area contributed by atoms with Crippen LogP contribution in [0.25, 0.3) is 0 Å². The third-order valence-electron chi connectivity index (χ3n) is 2.25. The van der Waals surface area contributed by atoms with Gasteiger partial charge in [0.2, 0.25) is 5.91 Å². The summed E-state index contributed by atoms with van der Waals surface area (Å²) in [7, 11) is 0. The lowest BCUT2D eigenvalue weighted by Gasteiger charge is -2.21. The van der Waals surface area contributed by atoms with Gasteiger partial charge >= 0.3 is 0 Å². The third-order valence-corrected chi connectivity index (χ3v) is 3.11. The second-order valence-corrected chi connectivity index (χ2v) is 6.23. The van der Waals surface area contributed by atoms with E-state index in [-0.39, 0.29) is 11.5 Å². The number of nitrogens with zero attached hydrogens (tertiary/aromatic N) is 2. The van der Waals surface area contributed by atoms with Crippen LogP contribution in [0, 0.1) is 0 Å². The van der Waals surface area contributed by atoms with Gasteiger partial charge in [-0.05, 0) is 50.6 Å². The maximum Gasteiger partial charge on any atom is 0.236 e. The molecule has 1 aromatic carbocycles. The van der Waals surface area contributed by atoms with Gasteiger partial charge in [-0.3, -0.25) is 4.79 Å². The lowest BCUT2D eigenvalue weighted by atomic mass is 10.2. The first kappa shape index (κ1) is 14.6. The van der Waals surface area contributed by atoms with Gasteiger partial charge in [0.05, 0.1) is 12.0 Å². The van der Waals surface area contributed by atoms with Gasteiger partial charge < -0.3 is 10.1 Å². The van der Waals surface area contributed by atoms with Crippen LogP contribution in [0.4, 0.5) is 0 Å². The first-order valence-corrected chi connectivity index (χ1v) is 7.24. The van der Waals surface area contributed by atoms with Crippen LogP contribution in [0.15, 0.2) is 34.5 Å². The predicted molar refractivity (Wildman–Crippen MR) is 82.5 cm³/mol. The van der Waals surface area contributed by atoms with Gasteiger partial charge in [-0.15, -0.1) is 5.10 Å². The average molecular weight is 291 g/mol. The zero-order valence-electron chi connectivity index (χ0n) is 11.7. The van der Waals surface area contributed by atoms with Crippen molar-refractivity contribution in [2.24, 2.45) is 10.2 Å². The Kier molecular flexibility index (Phi) is 4.44. The summed E-state index contributed by atoms with van der Waals surface area (Å²) >= 11 is 1.35. The largest absolute Gasteiger partial charge is 0.488 e. The van der Waals surface area contributed by atoms with Crippen molar-refractivity contribution in [2.75, 3.05) is 5.75 Å². The Morgan fingerprint density at radius 3 is 2.55 bits per heavy atom. The van der Waals surface area contributed by atoms with E-state index in [9.17, 15) is 4.79 Å². The molecule has 1 fully saturated rings. The van der Waals surface area contributed by atoms with Crippen LogP contribution in [0.3, 0.4) is 0 Å². The van der Waals surface area contributed by atoms with Gasteiger partial charge in [0, 0.05) is 0 Å². The normalized spacial score (nSPS) is 17.8. The molecule has 20 heavy (non-hydrogen) atoms. The highest BCUT2D eigenvalue weighted by atomic mass is 32.2. The van der Waals surface area contributed by atoms with E-state index in [1.807, 2.05) is 45.0 Å². The molecule has 106 valence electrons. The highest BCUT2D eigenvalue weighted by Gasteiger charge is 2.15. The molecule has 1 saturated heterocycles. The molecule has 2 rings (SSSR count). The van der Waals surface area contributed by atoms with E-state index in [2.05, 4.69) is 15.5 Å². The molecule has 0 saturated carbocycles. The molecule has 6 heteroatoms. The van der Waals surface area contributed by atoms with Crippen molar-refractivity contribution >= 4 is 29.1 Å². The van der Waals surface area contributed by atoms with Crippen molar-refractivity contribution in [1.82, 2.24) is 5.32 Å². The van der Waals surface area contributed by atoms with Gasteiger partial charge in [-0.1, -0.05) is 11.8 Å². The fourth-order valence-electron chi connectivity index (χ4n) is 1.50. The molecular formula is C14H17N3O2S. The number of hydrogen-bond donors (Lipinski definition) is 1.